The summed E-state index contributed by atoms with van der Waals surface area (Å²) in [6.07, 6.45) is 52.0. The Morgan fingerprint density at radius 3 is 1.17 bits per heavy atom. The number of benzene rings is 1. The molecule has 0 aromatic heterocycles. The highest BCUT2D eigenvalue weighted by Gasteiger charge is 2.07. The van der Waals surface area contributed by atoms with Crippen molar-refractivity contribution in [2.75, 3.05) is 0 Å². The van der Waals surface area contributed by atoms with Crippen molar-refractivity contribution in [3.63, 3.8) is 0 Å². The minimum Gasteiger partial charge on any atom is -0.427 e. The van der Waals surface area contributed by atoms with Crippen LogP contribution in [0.25, 0.3) is 0 Å². The third-order valence-corrected chi connectivity index (χ3v) is 7.22. The summed E-state index contributed by atoms with van der Waals surface area (Å²) in [5.74, 6) is 0.405. The Morgan fingerprint density at radius 2 is 0.771 bits per heavy atom. The van der Waals surface area contributed by atoms with Crippen LogP contribution < -0.4 is 9.47 Å². The van der Waals surface area contributed by atoms with Crippen molar-refractivity contribution in [2.45, 2.75) is 129 Å². The van der Waals surface area contributed by atoms with Crippen LogP contribution in [0.15, 0.2) is 121 Å². The van der Waals surface area contributed by atoms with Gasteiger partial charge in [-0.2, -0.15) is 0 Å². The van der Waals surface area contributed by atoms with Gasteiger partial charge in [0.15, 0.2) is 0 Å². The van der Waals surface area contributed by atoms with Crippen LogP contribution in [-0.2, 0) is 9.59 Å². The van der Waals surface area contributed by atoms with Gasteiger partial charge in [-0.3, -0.25) is 9.59 Å². The van der Waals surface area contributed by atoms with Gasteiger partial charge in [0.25, 0.3) is 0 Å². The van der Waals surface area contributed by atoms with Crippen LogP contribution in [0.3, 0.4) is 0 Å². The third kappa shape index (κ3) is 28.3. The van der Waals surface area contributed by atoms with E-state index in [0.29, 0.717) is 24.3 Å². The molecular weight excluding hydrogens is 592 g/mol. The summed E-state index contributed by atoms with van der Waals surface area (Å²) in [5, 5.41) is 0. The minimum atomic E-state index is -0.262. The van der Waals surface area contributed by atoms with Crippen LogP contribution in [0, 0.1) is 0 Å². The Kier molecular flexibility index (Phi) is 28.9. The van der Waals surface area contributed by atoms with Crippen LogP contribution in [-0.4, -0.2) is 11.9 Å². The average molecular weight is 655 g/mol. The molecular formula is C44H62O4. The lowest BCUT2D eigenvalue weighted by Crippen LogP contribution is -2.08. The molecule has 0 spiro atoms. The molecule has 0 aliphatic rings. The van der Waals surface area contributed by atoms with Gasteiger partial charge >= 0.3 is 11.9 Å². The molecule has 1 rings (SSSR count). The second-order valence-corrected chi connectivity index (χ2v) is 11.6. The molecule has 0 radical (unpaired) electrons. The first-order chi connectivity index (χ1) is 23.7. The molecule has 0 heterocycles. The number of esters is 2. The summed E-state index contributed by atoms with van der Waals surface area (Å²) < 4.78 is 10.9. The first-order valence-electron chi connectivity index (χ1n) is 18.4. The Hall–Kier alpha value is -3.92. The first-order valence-corrected chi connectivity index (χ1v) is 18.4. The quantitative estimate of drug-likeness (QED) is 0.0390. The van der Waals surface area contributed by atoms with Gasteiger partial charge in [-0.25, -0.2) is 0 Å². The predicted molar refractivity (Wildman–Crippen MR) is 205 cm³/mol. The fourth-order valence-electron chi connectivity index (χ4n) is 4.49. The fraction of sp³-hybridized carbons (Fsp3) is 0.455. The fourth-order valence-corrected chi connectivity index (χ4v) is 4.49. The molecule has 0 saturated carbocycles. The highest BCUT2D eigenvalue weighted by molar-refractivity contribution is 5.73. The van der Waals surface area contributed by atoms with E-state index < -0.39 is 0 Å². The van der Waals surface area contributed by atoms with Gasteiger partial charge in [0.2, 0.25) is 0 Å². The standard InChI is InChI=1S/C44H62O4/c1-3-5-7-9-11-13-15-17-19-20-22-24-26-28-30-32-34-36-44(46)48-42-39-37-41(38-40-42)47-43(45)35-33-31-29-27-25-23-21-18-16-14-12-10-8-6-4-2/h5,7,11-14,17-19,21-22,24-25,27-28,30,37-40H,3-4,6,8-10,15-16,20,23,26,29,31-36H2,1-2H3/b7-5-,13-11-,14-12-,19-17-,21-18-,24-22-,27-25-,30-28-. The van der Waals surface area contributed by atoms with Crippen molar-refractivity contribution in [2.24, 2.45) is 0 Å². The number of rotatable bonds is 28. The van der Waals surface area contributed by atoms with E-state index in [1.165, 1.54) is 25.7 Å². The van der Waals surface area contributed by atoms with Crippen molar-refractivity contribution >= 4 is 11.9 Å². The number of carbonyl (C=O) groups is 2. The normalized spacial score (nSPS) is 12.5. The highest BCUT2D eigenvalue weighted by atomic mass is 16.5. The van der Waals surface area contributed by atoms with Crippen LogP contribution in [0.1, 0.15) is 129 Å². The molecule has 1 aromatic rings. The maximum absolute atomic E-state index is 12.2. The predicted octanol–water partition coefficient (Wildman–Crippen LogP) is 13.0. The zero-order valence-electron chi connectivity index (χ0n) is 29.9. The Labute approximate surface area is 292 Å². The van der Waals surface area contributed by atoms with Crippen molar-refractivity contribution in [1.29, 1.82) is 0 Å². The SMILES string of the molecule is CC/C=C\C/C=C\C/C=C\C/C=C\C/C=C\CCCC(=O)Oc1ccc(OC(=O)CCCC/C=C\C/C=C\C/C=C\CCCCC)cc1. The van der Waals surface area contributed by atoms with Gasteiger partial charge in [0, 0.05) is 12.8 Å². The second kappa shape index (κ2) is 33.0. The van der Waals surface area contributed by atoms with E-state index in [4.69, 9.17) is 9.47 Å². The molecule has 0 saturated heterocycles. The van der Waals surface area contributed by atoms with E-state index in [2.05, 4.69) is 111 Å². The maximum Gasteiger partial charge on any atom is 0.311 e. The topological polar surface area (TPSA) is 52.6 Å². The lowest BCUT2D eigenvalue weighted by molar-refractivity contribution is -0.135. The second-order valence-electron chi connectivity index (χ2n) is 11.6. The molecule has 0 aliphatic heterocycles. The Morgan fingerprint density at radius 1 is 0.438 bits per heavy atom. The lowest BCUT2D eigenvalue weighted by atomic mass is 10.1. The molecule has 0 aliphatic carbocycles. The van der Waals surface area contributed by atoms with E-state index in [1.54, 1.807) is 24.3 Å². The number of unbranched alkanes of at least 4 members (excludes halogenated alkanes) is 6. The van der Waals surface area contributed by atoms with E-state index in [9.17, 15) is 9.59 Å². The first kappa shape index (κ1) is 42.1. The summed E-state index contributed by atoms with van der Waals surface area (Å²) in [6, 6.07) is 6.65. The van der Waals surface area contributed by atoms with Crippen LogP contribution in [0.4, 0.5) is 0 Å². The zero-order chi connectivity index (χ0) is 34.6. The summed E-state index contributed by atoms with van der Waals surface area (Å²) in [7, 11) is 0. The average Bonchev–Trinajstić information content (AvgIpc) is 3.08. The van der Waals surface area contributed by atoms with Gasteiger partial charge in [-0.1, -0.05) is 124 Å². The van der Waals surface area contributed by atoms with Crippen molar-refractivity contribution in [1.82, 2.24) is 0 Å². The number of ether oxygens (including phenoxy) is 2. The molecule has 48 heavy (non-hydrogen) atoms. The molecule has 0 unspecified atom stereocenters. The van der Waals surface area contributed by atoms with Crippen LogP contribution in [0.5, 0.6) is 11.5 Å². The monoisotopic (exact) mass is 654 g/mol. The summed E-state index contributed by atoms with van der Waals surface area (Å²) in [4.78, 5) is 24.4. The molecule has 4 heteroatoms. The number of hydrogen-bond donors (Lipinski definition) is 0. The minimum absolute atomic E-state index is 0.246. The Balaban J connectivity index is 2.07. The lowest BCUT2D eigenvalue weighted by Gasteiger charge is -2.06. The van der Waals surface area contributed by atoms with Crippen molar-refractivity contribution < 1.29 is 19.1 Å². The number of hydrogen-bond acceptors (Lipinski definition) is 4. The van der Waals surface area contributed by atoms with Gasteiger partial charge < -0.3 is 9.47 Å². The van der Waals surface area contributed by atoms with Gasteiger partial charge in [0.05, 0.1) is 0 Å². The van der Waals surface area contributed by atoms with Gasteiger partial charge in [-0.15, -0.1) is 0 Å². The third-order valence-electron chi connectivity index (χ3n) is 7.22. The smallest absolute Gasteiger partial charge is 0.311 e. The van der Waals surface area contributed by atoms with Gasteiger partial charge in [0.1, 0.15) is 11.5 Å². The van der Waals surface area contributed by atoms with E-state index in [1.807, 2.05) is 0 Å². The number of carbonyl (C=O) groups excluding carboxylic acids is 2. The van der Waals surface area contributed by atoms with E-state index in [0.717, 1.165) is 77.0 Å². The molecule has 0 amide bonds. The molecule has 4 nitrogen and oxygen atoms in total. The Bertz CT molecular complexity index is 1170. The molecule has 262 valence electrons. The van der Waals surface area contributed by atoms with E-state index in [-0.39, 0.29) is 11.9 Å². The van der Waals surface area contributed by atoms with Crippen molar-refractivity contribution in [3.05, 3.63) is 121 Å². The molecule has 1 aromatic carbocycles. The van der Waals surface area contributed by atoms with Gasteiger partial charge in [-0.05, 0) is 114 Å². The van der Waals surface area contributed by atoms with Crippen molar-refractivity contribution in [3.8, 4) is 11.5 Å². The maximum atomic E-state index is 12.2. The summed E-state index contributed by atoms with van der Waals surface area (Å²) in [6.45, 7) is 4.38. The largest absolute Gasteiger partial charge is 0.427 e. The molecule has 0 fully saturated rings. The molecule has 0 bridgehead atoms. The van der Waals surface area contributed by atoms with Crippen LogP contribution in [0.2, 0.25) is 0 Å². The summed E-state index contributed by atoms with van der Waals surface area (Å²) >= 11 is 0. The number of allylic oxidation sites excluding steroid dienone is 16. The summed E-state index contributed by atoms with van der Waals surface area (Å²) in [5.41, 5.74) is 0. The molecule has 0 N–H and O–H groups in total. The zero-order valence-corrected chi connectivity index (χ0v) is 29.9. The molecule has 0 atom stereocenters. The highest BCUT2D eigenvalue weighted by Crippen LogP contribution is 2.19. The van der Waals surface area contributed by atoms with E-state index >= 15 is 0 Å². The van der Waals surface area contributed by atoms with Crippen LogP contribution >= 0.6 is 0 Å².